The molecule has 1 aliphatic rings. The molecule has 2 aromatic heterocycles. The topological polar surface area (TPSA) is 61.5 Å². The number of rotatable bonds is 5. The average molecular weight is 370 g/mol. The Bertz CT molecular complexity index is 970. The van der Waals surface area contributed by atoms with Crippen molar-refractivity contribution in [2.45, 2.75) is 51.1 Å². The van der Waals surface area contributed by atoms with Gasteiger partial charge in [0.1, 0.15) is 23.4 Å². The summed E-state index contributed by atoms with van der Waals surface area (Å²) in [6.07, 6.45) is 1.15. The number of nitrogens with zero attached hydrogens (tertiary/aromatic N) is 4. The molecule has 3 aromatic rings. The van der Waals surface area contributed by atoms with Crippen LogP contribution in [-0.4, -0.2) is 32.3 Å². The highest BCUT2D eigenvalue weighted by Gasteiger charge is 2.22. The van der Waals surface area contributed by atoms with E-state index >= 15 is 0 Å². The third-order valence-electron chi connectivity index (χ3n) is 4.39. The first-order chi connectivity index (χ1) is 12.5. The molecule has 1 unspecified atom stereocenters. The predicted molar refractivity (Wildman–Crippen MR) is 101 cm³/mol. The van der Waals surface area contributed by atoms with Crippen molar-refractivity contribution in [3.63, 3.8) is 0 Å². The minimum Gasteiger partial charge on any atom is -0.494 e. The van der Waals surface area contributed by atoms with Crippen LogP contribution < -0.4 is 9.47 Å². The number of ether oxygens (including phenoxy) is 2. The van der Waals surface area contributed by atoms with Crippen LogP contribution in [0.4, 0.5) is 0 Å². The van der Waals surface area contributed by atoms with E-state index in [1.165, 1.54) is 5.56 Å². The molecular formula is C19H22N4O2S. The second-order valence-electron chi connectivity index (χ2n) is 6.54. The van der Waals surface area contributed by atoms with Crippen LogP contribution in [0.15, 0.2) is 23.4 Å². The molecule has 0 bridgehead atoms. The molecule has 3 heterocycles. The van der Waals surface area contributed by atoms with Gasteiger partial charge in [0.2, 0.25) is 0 Å². The Morgan fingerprint density at radius 3 is 2.92 bits per heavy atom. The van der Waals surface area contributed by atoms with Gasteiger partial charge in [-0.05, 0) is 39.8 Å². The van der Waals surface area contributed by atoms with Crippen LogP contribution in [0.1, 0.15) is 36.5 Å². The molecule has 0 radical (unpaired) electrons. The molecule has 0 fully saturated rings. The summed E-state index contributed by atoms with van der Waals surface area (Å²) in [7, 11) is 0. The van der Waals surface area contributed by atoms with Crippen molar-refractivity contribution in [1.29, 1.82) is 0 Å². The van der Waals surface area contributed by atoms with E-state index in [2.05, 4.69) is 34.2 Å². The summed E-state index contributed by atoms with van der Waals surface area (Å²) in [5, 5.41) is 9.45. The lowest BCUT2D eigenvalue weighted by Gasteiger charge is -2.12. The lowest BCUT2D eigenvalue weighted by Crippen LogP contribution is -2.05. The molecule has 0 saturated carbocycles. The molecule has 26 heavy (non-hydrogen) atoms. The Balaban J connectivity index is 1.63. The summed E-state index contributed by atoms with van der Waals surface area (Å²) in [6.45, 7) is 8.68. The Labute approximate surface area is 156 Å². The van der Waals surface area contributed by atoms with Gasteiger partial charge in [0, 0.05) is 35.1 Å². The van der Waals surface area contributed by atoms with E-state index in [0.29, 0.717) is 6.61 Å². The fraction of sp³-hybridized carbons (Fsp3) is 0.421. The zero-order chi connectivity index (χ0) is 18.3. The first-order valence-corrected chi connectivity index (χ1v) is 9.81. The van der Waals surface area contributed by atoms with Crippen LogP contribution in [0.3, 0.4) is 0 Å². The minimum atomic E-state index is 0.222. The lowest BCUT2D eigenvalue weighted by molar-refractivity contribution is 0.254. The van der Waals surface area contributed by atoms with E-state index in [4.69, 9.17) is 9.47 Å². The molecule has 6 nitrogen and oxygen atoms in total. The Morgan fingerprint density at radius 1 is 1.27 bits per heavy atom. The maximum absolute atomic E-state index is 5.91. The zero-order valence-corrected chi connectivity index (χ0v) is 16.3. The maximum Gasteiger partial charge on any atom is 0.197 e. The molecule has 4 rings (SSSR count). The smallest absolute Gasteiger partial charge is 0.197 e. The van der Waals surface area contributed by atoms with Crippen molar-refractivity contribution < 1.29 is 9.47 Å². The number of benzene rings is 1. The van der Waals surface area contributed by atoms with Gasteiger partial charge in [0.15, 0.2) is 10.8 Å². The molecule has 7 heteroatoms. The van der Waals surface area contributed by atoms with Crippen LogP contribution in [0.2, 0.25) is 0 Å². The molecule has 136 valence electrons. The van der Waals surface area contributed by atoms with E-state index in [1.807, 2.05) is 31.2 Å². The molecule has 0 N–H and O–H groups in total. The molecule has 0 amide bonds. The van der Waals surface area contributed by atoms with E-state index in [0.717, 1.165) is 51.6 Å². The van der Waals surface area contributed by atoms with Crippen molar-refractivity contribution in [3.8, 4) is 11.5 Å². The monoisotopic (exact) mass is 370 g/mol. The number of hydrogen-bond donors (Lipinski definition) is 0. The molecule has 0 aliphatic carbocycles. The normalized spacial score (nSPS) is 15.9. The van der Waals surface area contributed by atoms with Crippen LogP contribution >= 0.6 is 11.8 Å². The summed E-state index contributed by atoms with van der Waals surface area (Å²) in [5.41, 5.74) is 4.11. The highest BCUT2D eigenvalue weighted by Crippen LogP contribution is 2.37. The van der Waals surface area contributed by atoms with E-state index < -0.39 is 0 Å². The van der Waals surface area contributed by atoms with Crippen molar-refractivity contribution in [1.82, 2.24) is 19.6 Å². The SMILES string of the molecule is CCOc1cc2c(cc1CSc1nnc3cc(C)nc(C)n13)OC(C)C2. The molecule has 0 spiro atoms. The number of thioether (sulfide) groups is 1. The molecule has 1 aromatic carbocycles. The van der Waals surface area contributed by atoms with Crippen molar-refractivity contribution in [2.24, 2.45) is 0 Å². The number of aryl methyl sites for hydroxylation is 2. The predicted octanol–water partition coefficient (Wildman–Crippen LogP) is 3.76. The quantitative estimate of drug-likeness (QED) is 0.638. The summed E-state index contributed by atoms with van der Waals surface area (Å²) >= 11 is 1.63. The fourth-order valence-corrected chi connectivity index (χ4v) is 4.29. The Morgan fingerprint density at radius 2 is 2.12 bits per heavy atom. The summed E-state index contributed by atoms with van der Waals surface area (Å²) in [4.78, 5) is 4.52. The van der Waals surface area contributed by atoms with Crippen LogP contribution in [0.5, 0.6) is 11.5 Å². The highest BCUT2D eigenvalue weighted by atomic mass is 32.2. The number of aromatic nitrogens is 4. The van der Waals surface area contributed by atoms with Crippen LogP contribution in [-0.2, 0) is 12.2 Å². The lowest BCUT2D eigenvalue weighted by atomic mass is 10.1. The molecule has 1 atom stereocenters. The van der Waals surface area contributed by atoms with E-state index in [1.54, 1.807) is 11.8 Å². The molecule has 1 aliphatic heterocycles. The Kier molecular flexibility index (Phi) is 4.48. The summed E-state index contributed by atoms with van der Waals surface area (Å²) < 4.78 is 13.8. The highest BCUT2D eigenvalue weighted by molar-refractivity contribution is 7.98. The minimum absolute atomic E-state index is 0.222. The van der Waals surface area contributed by atoms with E-state index in [9.17, 15) is 0 Å². The van der Waals surface area contributed by atoms with Crippen molar-refractivity contribution in [3.05, 3.63) is 40.8 Å². The first kappa shape index (κ1) is 17.1. The standard InChI is InChI=1S/C19H22N4O2S/c1-5-24-16-8-14-7-12(3)25-17(14)9-15(16)10-26-19-22-21-18-6-11(2)20-13(4)23(18)19/h6,8-9,12H,5,7,10H2,1-4H3. The fourth-order valence-electron chi connectivity index (χ4n) is 3.32. The third-order valence-corrected chi connectivity index (χ3v) is 5.37. The van der Waals surface area contributed by atoms with Gasteiger partial charge in [-0.25, -0.2) is 4.98 Å². The first-order valence-electron chi connectivity index (χ1n) is 8.82. The second kappa shape index (κ2) is 6.79. The Hall–Kier alpha value is -2.28. The van der Waals surface area contributed by atoms with Gasteiger partial charge in [-0.15, -0.1) is 10.2 Å². The maximum atomic E-state index is 5.91. The van der Waals surface area contributed by atoms with Gasteiger partial charge >= 0.3 is 0 Å². The summed E-state index contributed by atoms with van der Waals surface area (Å²) in [5.74, 6) is 3.52. The van der Waals surface area contributed by atoms with E-state index in [-0.39, 0.29) is 6.10 Å². The van der Waals surface area contributed by atoms with Gasteiger partial charge in [-0.1, -0.05) is 11.8 Å². The molecule has 0 saturated heterocycles. The van der Waals surface area contributed by atoms with Crippen LogP contribution in [0.25, 0.3) is 5.65 Å². The van der Waals surface area contributed by atoms with Gasteiger partial charge < -0.3 is 9.47 Å². The molecular weight excluding hydrogens is 348 g/mol. The van der Waals surface area contributed by atoms with Gasteiger partial charge in [-0.2, -0.15) is 0 Å². The van der Waals surface area contributed by atoms with Crippen molar-refractivity contribution in [2.75, 3.05) is 6.61 Å². The number of fused-ring (bicyclic) bond motifs is 2. The number of hydrogen-bond acceptors (Lipinski definition) is 6. The summed E-state index contributed by atoms with van der Waals surface area (Å²) in [6, 6.07) is 6.17. The van der Waals surface area contributed by atoms with Gasteiger partial charge in [-0.3, -0.25) is 4.40 Å². The third kappa shape index (κ3) is 3.11. The van der Waals surface area contributed by atoms with Crippen molar-refractivity contribution >= 4 is 17.4 Å². The van der Waals surface area contributed by atoms with Gasteiger partial charge in [0.05, 0.1) is 6.61 Å². The zero-order valence-electron chi connectivity index (χ0n) is 15.4. The second-order valence-corrected chi connectivity index (χ2v) is 7.49. The largest absolute Gasteiger partial charge is 0.494 e. The van der Waals surface area contributed by atoms with Gasteiger partial charge in [0.25, 0.3) is 0 Å². The van der Waals surface area contributed by atoms with Crippen LogP contribution in [0, 0.1) is 13.8 Å². The average Bonchev–Trinajstić information content (AvgIpc) is 3.15.